The molecule has 0 bridgehead atoms. The third-order valence-corrected chi connectivity index (χ3v) is 3.94. The molecule has 0 radical (unpaired) electrons. The summed E-state index contributed by atoms with van der Waals surface area (Å²) in [5.41, 5.74) is 1.58. The average molecular weight is 276 g/mol. The summed E-state index contributed by atoms with van der Waals surface area (Å²) in [6, 6.07) is 0. The Morgan fingerprint density at radius 3 is 2.63 bits per heavy atom. The van der Waals surface area contributed by atoms with Crippen molar-refractivity contribution < 1.29 is 4.79 Å². The highest BCUT2D eigenvalue weighted by atomic mass is 32.1. The molecule has 0 unspecified atom stereocenters. The molecule has 0 atom stereocenters. The predicted molar refractivity (Wildman–Crippen MR) is 82.7 cm³/mol. The van der Waals surface area contributed by atoms with E-state index in [1.165, 1.54) is 16.2 Å². The highest BCUT2D eigenvalue weighted by Gasteiger charge is 2.13. The number of allylic oxidation sites excluding steroid dienone is 3. The number of carbonyl (C=O) groups is 1. The number of aryl methyl sites for hydroxylation is 1. The second-order valence-corrected chi connectivity index (χ2v) is 5.45. The molecule has 1 rings (SSSR count). The van der Waals surface area contributed by atoms with Crippen LogP contribution in [-0.2, 0) is 4.79 Å². The van der Waals surface area contributed by atoms with E-state index in [-0.39, 0.29) is 5.91 Å². The molecule has 1 amide bonds. The molecule has 0 fully saturated rings. The number of aromatic nitrogens is 1. The summed E-state index contributed by atoms with van der Waals surface area (Å²) >= 11 is 1.53. The maximum Gasteiger partial charge on any atom is 0.257 e. The van der Waals surface area contributed by atoms with Crippen LogP contribution in [0, 0.1) is 6.92 Å². The lowest BCUT2D eigenvalue weighted by Crippen LogP contribution is -2.12. The van der Waals surface area contributed by atoms with E-state index in [4.69, 9.17) is 0 Å². The second kappa shape index (κ2) is 7.04. The summed E-state index contributed by atoms with van der Waals surface area (Å²) in [5, 5.41) is 3.48. The smallest absolute Gasteiger partial charge is 0.257 e. The summed E-state index contributed by atoms with van der Waals surface area (Å²) in [4.78, 5) is 17.6. The number of carbonyl (C=O) groups excluding carboxylic acids is 1. The van der Waals surface area contributed by atoms with Crippen LogP contribution in [0.15, 0.2) is 36.5 Å². The lowest BCUT2D eigenvalue weighted by molar-refractivity contribution is -0.112. The Bertz CT molecular complexity index is 524. The van der Waals surface area contributed by atoms with E-state index in [0.717, 1.165) is 5.69 Å². The van der Waals surface area contributed by atoms with Crippen LogP contribution >= 0.6 is 11.3 Å². The minimum absolute atomic E-state index is 0.148. The number of hydrogen-bond acceptors (Lipinski definition) is 3. The standard InChI is InChI=1S/C15H20N2OS/c1-6-8-9-12(7-2)14(18)17-15-16-11(5)13(19-15)10(3)4/h6-10H,1H2,2-5H3,(H,16,17,18)/b9-8-,12-7+. The third-order valence-electron chi connectivity index (χ3n) is 2.56. The number of nitrogens with zero attached hydrogens (tertiary/aromatic N) is 1. The van der Waals surface area contributed by atoms with Crippen molar-refractivity contribution in [3.8, 4) is 0 Å². The van der Waals surface area contributed by atoms with Crippen molar-refractivity contribution in [1.29, 1.82) is 0 Å². The van der Waals surface area contributed by atoms with Gasteiger partial charge in [-0.2, -0.15) is 0 Å². The van der Waals surface area contributed by atoms with Crippen molar-refractivity contribution >= 4 is 22.4 Å². The summed E-state index contributed by atoms with van der Waals surface area (Å²) < 4.78 is 0. The molecule has 102 valence electrons. The van der Waals surface area contributed by atoms with Gasteiger partial charge >= 0.3 is 0 Å². The fourth-order valence-corrected chi connectivity index (χ4v) is 2.60. The van der Waals surface area contributed by atoms with Gasteiger partial charge in [-0.1, -0.05) is 38.7 Å². The Kier molecular flexibility index (Phi) is 5.70. The fourth-order valence-electron chi connectivity index (χ4n) is 1.64. The van der Waals surface area contributed by atoms with Gasteiger partial charge in [0.1, 0.15) is 0 Å². The zero-order chi connectivity index (χ0) is 14.4. The molecular formula is C15H20N2OS. The Hall–Kier alpha value is -1.68. The van der Waals surface area contributed by atoms with Crippen LogP contribution in [0.1, 0.15) is 37.3 Å². The zero-order valence-corrected chi connectivity index (χ0v) is 12.7. The van der Waals surface area contributed by atoms with Gasteiger partial charge in [-0.25, -0.2) is 4.98 Å². The molecule has 0 aliphatic carbocycles. The van der Waals surface area contributed by atoms with Gasteiger partial charge in [-0.05, 0) is 25.8 Å². The van der Waals surface area contributed by atoms with Crippen molar-refractivity contribution in [3.63, 3.8) is 0 Å². The van der Waals surface area contributed by atoms with Crippen LogP contribution in [0.5, 0.6) is 0 Å². The quantitative estimate of drug-likeness (QED) is 0.647. The zero-order valence-electron chi connectivity index (χ0n) is 11.9. The largest absolute Gasteiger partial charge is 0.298 e. The summed E-state index contributed by atoms with van der Waals surface area (Å²) in [6.45, 7) is 11.6. The number of nitrogens with one attached hydrogen (secondary N) is 1. The molecule has 0 saturated carbocycles. The van der Waals surface area contributed by atoms with E-state index in [0.29, 0.717) is 16.6 Å². The number of thiazole rings is 1. The van der Waals surface area contributed by atoms with Crippen LogP contribution < -0.4 is 5.32 Å². The molecule has 0 aromatic carbocycles. The first-order valence-electron chi connectivity index (χ1n) is 6.23. The maximum absolute atomic E-state index is 12.0. The Morgan fingerprint density at radius 2 is 2.16 bits per heavy atom. The van der Waals surface area contributed by atoms with E-state index in [9.17, 15) is 4.79 Å². The Labute approximate surface area is 118 Å². The van der Waals surface area contributed by atoms with Gasteiger partial charge in [0.2, 0.25) is 0 Å². The van der Waals surface area contributed by atoms with Gasteiger partial charge in [0.15, 0.2) is 5.13 Å². The lowest BCUT2D eigenvalue weighted by Gasteiger charge is -2.01. The summed E-state index contributed by atoms with van der Waals surface area (Å²) in [7, 11) is 0. The second-order valence-electron chi connectivity index (χ2n) is 4.42. The molecule has 1 N–H and O–H groups in total. The molecule has 3 nitrogen and oxygen atoms in total. The number of amides is 1. The van der Waals surface area contributed by atoms with E-state index >= 15 is 0 Å². The van der Waals surface area contributed by atoms with E-state index in [1.807, 2.05) is 13.8 Å². The number of anilines is 1. The van der Waals surface area contributed by atoms with Crippen molar-refractivity contribution in [2.24, 2.45) is 0 Å². The summed E-state index contributed by atoms with van der Waals surface area (Å²) in [5.74, 6) is 0.273. The van der Waals surface area contributed by atoms with Crippen molar-refractivity contribution in [2.75, 3.05) is 5.32 Å². The maximum atomic E-state index is 12.0. The molecular weight excluding hydrogens is 256 g/mol. The molecule has 0 aliphatic heterocycles. The molecule has 19 heavy (non-hydrogen) atoms. The minimum Gasteiger partial charge on any atom is -0.298 e. The molecule has 1 heterocycles. The average Bonchev–Trinajstić information content (AvgIpc) is 2.71. The van der Waals surface area contributed by atoms with Gasteiger partial charge < -0.3 is 0 Å². The van der Waals surface area contributed by atoms with Crippen LogP contribution in [0.3, 0.4) is 0 Å². The molecule has 1 aromatic rings. The summed E-state index contributed by atoms with van der Waals surface area (Å²) in [6.07, 6.45) is 6.87. The molecule has 1 aromatic heterocycles. The first kappa shape index (κ1) is 15.4. The van der Waals surface area contributed by atoms with E-state index in [2.05, 4.69) is 30.7 Å². The van der Waals surface area contributed by atoms with E-state index < -0.39 is 0 Å². The highest BCUT2D eigenvalue weighted by Crippen LogP contribution is 2.29. The first-order chi connectivity index (χ1) is 8.99. The lowest BCUT2D eigenvalue weighted by atomic mass is 10.1. The number of rotatable bonds is 5. The monoisotopic (exact) mass is 276 g/mol. The van der Waals surface area contributed by atoms with Gasteiger partial charge in [0, 0.05) is 10.5 Å². The van der Waals surface area contributed by atoms with Gasteiger partial charge in [0.05, 0.1) is 5.69 Å². The predicted octanol–water partition coefficient (Wildman–Crippen LogP) is 4.20. The van der Waals surface area contributed by atoms with Crippen LogP contribution in [-0.4, -0.2) is 10.9 Å². The van der Waals surface area contributed by atoms with Crippen molar-refractivity contribution in [2.45, 2.75) is 33.6 Å². The van der Waals surface area contributed by atoms with Gasteiger partial charge in [-0.3, -0.25) is 10.1 Å². The first-order valence-corrected chi connectivity index (χ1v) is 7.05. The van der Waals surface area contributed by atoms with Crippen molar-refractivity contribution in [1.82, 2.24) is 4.98 Å². The minimum atomic E-state index is -0.148. The van der Waals surface area contributed by atoms with Crippen LogP contribution in [0.25, 0.3) is 0 Å². The Morgan fingerprint density at radius 1 is 1.47 bits per heavy atom. The van der Waals surface area contributed by atoms with Gasteiger partial charge in [0.25, 0.3) is 5.91 Å². The molecule has 0 saturated heterocycles. The SMILES string of the molecule is C=C/C=C\C(=C/C)C(=O)Nc1nc(C)c(C(C)C)s1. The highest BCUT2D eigenvalue weighted by molar-refractivity contribution is 7.16. The molecule has 0 aliphatic rings. The van der Waals surface area contributed by atoms with E-state index in [1.54, 1.807) is 24.3 Å². The Balaban J connectivity index is 2.85. The van der Waals surface area contributed by atoms with Crippen LogP contribution in [0.2, 0.25) is 0 Å². The third kappa shape index (κ3) is 4.17. The van der Waals surface area contributed by atoms with Crippen LogP contribution in [0.4, 0.5) is 5.13 Å². The number of hydrogen-bond donors (Lipinski definition) is 1. The molecule has 0 spiro atoms. The van der Waals surface area contributed by atoms with Crippen molar-refractivity contribution in [3.05, 3.63) is 47.0 Å². The van der Waals surface area contributed by atoms with Gasteiger partial charge in [-0.15, -0.1) is 11.3 Å². The molecule has 4 heteroatoms. The normalized spacial score (nSPS) is 12.2. The topological polar surface area (TPSA) is 42.0 Å². The fraction of sp³-hybridized carbons (Fsp3) is 0.333.